The molecular weight excluding hydrogens is 454 g/mol. The van der Waals surface area contributed by atoms with Gasteiger partial charge in [-0.05, 0) is 36.8 Å². The quantitative estimate of drug-likeness (QED) is 0.520. The van der Waals surface area contributed by atoms with Crippen LogP contribution in [0.2, 0.25) is 0 Å². The van der Waals surface area contributed by atoms with E-state index < -0.39 is 27.3 Å². The van der Waals surface area contributed by atoms with Crippen molar-refractivity contribution >= 4 is 15.8 Å². The molecule has 0 aliphatic carbocycles. The maximum Gasteiger partial charge on any atom is 0.243 e. The van der Waals surface area contributed by atoms with Gasteiger partial charge in [0.1, 0.15) is 17.1 Å². The highest BCUT2D eigenvalue weighted by molar-refractivity contribution is 7.89. The van der Waals surface area contributed by atoms with Crippen molar-refractivity contribution in [2.24, 2.45) is 5.92 Å². The van der Waals surface area contributed by atoms with Crippen LogP contribution in [0.15, 0.2) is 83.8 Å². The van der Waals surface area contributed by atoms with Crippen molar-refractivity contribution in [3.63, 3.8) is 0 Å². The molecule has 0 saturated carbocycles. The zero-order valence-electron chi connectivity index (χ0n) is 19.0. The molecule has 34 heavy (non-hydrogen) atoms. The number of benzene rings is 3. The van der Waals surface area contributed by atoms with Crippen LogP contribution in [-0.2, 0) is 15.6 Å². The number of ketones is 1. The Morgan fingerprint density at radius 1 is 0.912 bits per heavy atom. The number of aliphatic hydroxyl groups is 1. The Morgan fingerprint density at radius 2 is 1.50 bits per heavy atom. The summed E-state index contributed by atoms with van der Waals surface area (Å²) in [5.41, 5.74) is -0.919. The minimum absolute atomic E-state index is 0.0188. The highest BCUT2D eigenvalue weighted by Gasteiger charge is 2.50. The van der Waals surface area contributed by atoms with Crippen molar-refractivity contribution in [3.8, 4) is 11.5 Å². The third-order valence-electron chi connectivity index (χ3n) is 6.35. The lowest BCUT2D eigenvalue weighted by Crippen LogP contribution is -2.54. The molecule has 0 aromatic heterocycles. The molecule has 178 valence electrons. The summed E-state index contributed by atoms with van der Waals surface area (Å²) in [6, 6.07) is 21.8. The van der Waals surface area contributed by atoms with Crippen LogP contribution < -0.4 is 9.47 Å². The molecule has 2 atom stereocenters. The number of piperidine rings is 1. The minimum atomic E-state index is -3.87. The molecule has 7 nitrogen and oxygen atoms in total. The Bertz CT molecular complexity index is 1280. The SMILES string of the molecule is COc1ccccc1C(=O)C1CN(S(=O)(=O)c2ccccc2)CC[C@@]1(O)c1ccccc1OC. The fraction of sp³-hybridized carbons (Fsp3) is 0.269. The topological polar surface area (TPSA) is 93.1 Å². The van der Waals surface area contributed by atoms with Gasteiger partial charge in [0.2, 0.25) is 10.0 Å². The van der Waals surface area contributed by atoms with E-state index in [-0.39, 0.29) is 30.0 Å². The normalized spacial score (nSPS) is 21.1. The predicted molar refractivity (Wildman–Crippen MR) is 128 cm³/mol. The van der Waals surface area contributed by atoms with E-state index in [1.54, 1.807) is 66.7 Å². The number of carbonyl (C=O) groups is 1. The highest BCUT2D eigenvalue weighted by Crippen LogP contribution is 2.44. The fourth-order valence-corrected chi connectivity index (χ4v) is 6.01. The molecule has 0 radical (unpaired) electrons. The zero-order valence-corrected chi connectivity index (χ0v) is 19.9. The lowest BCUT2D eigenvalue weighted by molar-refractivity contribution is -0.0509. The molecule has 3 aromatic carbocycles. The van der Waals surface area contributed by atoms with E-state index in [9.17, 15) is 18.3 Å². The van der Waals surface area contributed by atoms with E-state index in [4.69, 9.17) is 9.47 Å². The average molecular weight is 482 g/mol. The Kier molecular flexibility index (Phi) is 6.74. The number of ether oxygens (including phenoxy) is 2. The first kappa shape index (κ1) is 23.9. The number of carbonyl (C=O) groups excluding carboxylic acids is 1. The van der Waals surface area contributed by atoms with E-state index in [2.05, 4.69) is 0 Å². The van der Waals surface area contributed by atoms with E-state index in [0.29, 0.717) is 17.1 Å². The molecule has 1 aliphatic rings. The van der Waals surface area contributed by atoms with Gasteiger partial charge >= 0.3 is 0 Å². The summed E-state index contributed by atoms with van der Waals surface area (Å²) in [5, 5.41) is 12.0. The summed E-state index contributed by atoms with van der Waals surface area (Å²) in [6.07, 6.45) is 0.0188. The van der Waals surface area contributed by atoms with Gasteiger partial charge in [-0.3, -0.25) is 4.79 Å². The average Bonchev–Trinajstić information content (AvgIpc) is 2.88. The van der Waals surface area contributed by atoms with Gasteiger partial charge in [0.15, 0.2) is 5.78 Å². The van der Waals surface area contributed by atoms with Gasteiger partial charge in [-0.2, -0.15) is 4.31 Å². The number of nitrogens with zero attached hydrogens (tertiary/aromatic N) is 1. The molecule has 1 aliphatic heterocycles. The second-order valence-electron chi connectivity index (χ2n) is 8.17. The van der Waals surface area contributed by atoms with Crippen LogP contribution in [0.4, 0.5) is 0 Å². The third-order valence-corrected chi connectivity index (χ3v) is 8.23. The van der Waals surface area contributed by atoms with Crippen LogP contribution in [0.25, 0.3) is 0 Å². The number of methoxy groups -OCH3 is 2. The highest BCUT2D eigenvalue weighted by atomic mass is 32.2. The Morgan fingerprint density at radius 3 is 2.18 bits per heavy atom. The number of Topliss-reactive ketones (excluding diaryl/α,β-unsaturated/α-hetero) is 1. The van der Waals surface area contributed by atoms with Crippen molar-refractivity contribution in [1.82, 2.24) is 4.31 Å². The maximum absolute atomic E-state index is 13.9. The Labute approximate surface area is 199 Å². The smallest absolute Gasteiger partial charge is 0.243 e. The van der Waals surface area contributed by atoms with Gasteiger partial charge in [0.05, 0.1) is 30.6 Å². The molecule has 1 unspecified atom stereocenters. The molecule has 1 heterocycles. The first-order chi connectivity index (χ1) is 16.3. The van der Waals surface area contributed by atoms with Crippen LogP contribution >= 0.6 is 0 Å². The molecule has 1 N–H and O–H groups in total. The number of sulfonamides is 1. The number of rotatable bonds is 7. The molecular formula is C26H27NO6S. The van der Waals surface area contributed by atoms with E-state index in [0.717, 1.165) is 0 Å². The molecule has 1 fully saturated rings. The van der Waals surface area contributed by atoms with E-state index in [1.807, 2.05) is 0 Å². The molecule has 0 bridgehead atoms. The predicted octanol–water partition coefficient (Wildman–Crippen LogP) is 3.49. The van der Waals surface area contributed by atoms with Crippen LogP contribution in [0.3, 0.4) is 0 Å². The first-order valence-corrected chi connectivity index (χ1v) is 12.3. The second kappa shape index (κ2) is 9.58. The minimum Gasteiger partial charge on any atom is -0.496 e. The summed E-state index contributed by atoms with van der Waals surface area (Å²) in [6.45, 7) is -0.149. The van der Waals surface area contributed by atoms with Gasteiger partial charge in [-0.25, -0.2) is 8.42 Å². The van der Waals surface area contributed by atoms with E-state index >= 15 is 0 Å². The number of hydrogen-bond donors (Lipinski definition) is 1. The molecule has 3 aromatic rings. The van der Waals surface area contributed by atoms with Gasteiger partial charge in [-0.15, -0.1) is 0 Å². The second-order valence-corrected chi connectivity index (χ2v) is 10.1. The van der Waals surface area contributed by atoms with Crippen LogP contribution in [0.1, 0.15) is 22.3 Å². The lowest BCUT2D eigenvalue weighted by Gasteiger charge is -2.44. The standard InChI is InChI=1S/C26H27NO6S/c1-32-23-14-8-6-12-20(23)25(28)22-18-27(34(30,31)19-10-4-3-5-11-19)17-16-26(22,29)21-13-7-9-15-24(21)33-2/h3-15,22,29H,16-18H2,1-2H3/t22?,26-/m1/s1. The number of para-hydroxylation sites is 2. The largest absolute Gasteiger partial charge is 0.496 e. The van der Waals surface area contributed by atoms with Crippen LogP contribution in [0, 0.1) is 5.92 Å². The van der Waals surface area contributed by atoms with Crippen molar-refractivity contribution < 1.29 is 27.8 Å². The summed E-state index contributed by atoms with van der Waals surface area (Å²) in [4.78, 5) is 14.0. The van der Waals surface area contributed by atoms with Crippen LogP contribution in [0.5, 0.6) is 11.5 Å². The monoisotopic (exact) mass is 481 g/mol. The molecule has 4 rings (SSSR count). The molecule has 8 heteroatoms. The number of hydrogen-bond acceptors (Lipinski definition) is 6. The van der Waals surface area contributed by atoms with Gasteiger partial charge in [0.25, 0.3) is 0 Å². The fourth-order valence-electron chi connectivity index (χ4n) is 4.54. The van der Waals surface area contributed by atoms with Crippen LogP contribution in [-0.4, -0.2) is 50.9 Å². The summed E-state index contributed by atoms with van der Waals surface area (Å²) in [5.74, 6) is -0.703. The van der Waals surface area contributed by atoms with Gasteiger partial charge in [0, 0.05) is 18.7 Å². The third kappa shape index (κ3) is 4.20. The summed E-state index contributed by atoms with van der Waals surface area (Å²) < 4.78 is 38.9. The maximum atomic E-state index is 13.9. The van der Waals surface area contributed by atoms with Gasteiger partial charge < -0.3 is 14.6 Å². The Hall–Kier alpha value is -3.20. The summed E-state index contributed by atoms with van der Waals surface area (Å²) in [7, 11) is -0.909. The van der Waals surface area contributed by atoms with Crippen molar-refractivity contribution in [2.45, 2.75) is 16.9 Å². The van der Waals surface area contributed by atoms with Gasteiger partial charge in [-0.1, -0.05) is 48.5 Å². The molecule has 0 amide bonds. The van der Waals surface area contributed by atoms with Crippen molar-refractivity contribution in [2.75, 3.05) is 27.3 Å². The molecule has 1 saturated heterocycles. The molecule has 0 spiro atoms. The van der Waals surface area contributed by atoms with E-state index in [1.165, 1.54) is 30.7 Å². The summed E-state index contributed by atoms with van der Waals surface area (Å²) >= 11 is 0. The lowest BCUT2D eigenvalue weighted by atomic mass is 9.73. The van der Waals surface area contributed by atoms with Crippen molar-refractivity contribution in [3.05, 3.63) is 90.0 Å². The Balaban J connectivity index is 1.81. The zero-order chi connectivity index (χ0) is 24.3. The first-order valence-electron chi connectivity index (χ1n) is 10.9. The van der Waals surface area contributed by atoms with Crippen molar-refractivity contribution in [1.29, 1.82) is 0 Å².